The molecule has 1 aromatic carbocycles. The number of nitro benzene ring substituents is 1. The molecule has 8 nitrogen and oxygen atoms in total. The van der Waals surface area contributed by atoms with E-state index >= 15 is 0 Å². The first-order valence-electron chi connectivity index (χ1n) is 9.87. The Labute approximate surface area is 176 Å². The molecule has 0 amide bonds. The number of carbonyl (C=O) groups excluding carboxylic acids is 1. The Morgan fingerprint density at radius 2 is 1.90 bits per heavy atom. The highest BCUT2D eigenvalue weighted by Gasteiger charge is 2.35. The van der Waals surface area contributed by atoms with Crippen molar-refractivity contribution in [3.63, 3.8) is 0 Å². The van der Waals surface area contributed by atoms with E-state index in [-0.39, 0.29) is 12.3 Å². The number of thiocarbonyl (C=S) groups is 1. The summed E-state index contributed by atoms with van der Waals surface area (Å²) in [5.41, 5.74) is 1.94. The monoisotopic (exact) mass is 421 g/mol. The lowest BCUT2D eigenvalue weighted by Gasteiger charge is -2.37. The van der Waals surface area contributed by atoms with Gasteiger partial charge in [-0.1, -0.05) is 0 Å². The smallest absolute Gasteiger partial charge is 0.338 e. The molecule has 0 spiro atoms. The van der Waals surface area contributed by atoms with Crippen molar-refractivity contribution in [2.24, 2.45) is 0 Å². The van der Waals surface area contributed by atoms with Crippen LogP contribution in [0.4, 0.5) is 5.69 Å². The molecule has 0 aliphatic carbocycles. The van der Waals surface area contributed by atoms with Crippen LogP contribution in [0.1, 0.15) is 39.3 Å². The zero-order valence-corrected chi connectivity index (χ0v) is 18.2. The molecule has 1 aliphatic rings. The summed E-state index contributed by atoms with van der Waals surface area (Å²) in [5, 5.41) is 14.7. The van der Waals surface area contributed by atoms with E-state index in [1.807, 2.05) is 11.8 Å². The summed E-state index contributed by atoms with van der Waals surface area (Å²) in [6.45, 7) is 11.8. The van der Waals surface area contributed by atoms with Crippen molar-refractivity contribution < 1.29 is 19.4 Å². The normalized spacial score (nSPS) is 16.8. The second kappa shape index (κ2) is 10.3. The van der Waals surface area contributed by atoms with Gasteiger partial charge in [-0.05, 0) is 57.6 Å². The maximum absolute atomic E-state index is 12.8. The van der Waals surface area contributed by atoms with Crippen molar-refractivity contribution in [3.05, 3.63) is 51.2 Å². The number of quaternary nitrogens is 1. The Morgan fingerprint density at radius 3 is 2.41 bits per heavy atom. The van der Waals surface area contributed by atoms with E-state index in [4.69, 9.17) is 17.0 Å². The molecule has 1 aromatic rings. The molecule has 0 bridgehead atoms. The van der Waals surface area contributed by atoms with E-state index in [1.54, 1.807) is 19.1 Å². The molecule has 0 radical (unpaired) electrons. The molecule has 1 heterocycles. The number of nitro groups is 1. The standard InChI is InChI=1S/C20H28N4O4S/c1-5-22(6-2)12-13-23-14(4)17(19(25)28-7-3)18(21-20(23)29)15-8-10-16(11-9-15)24(26)27/h8-11,18H,5-7,12-13H2,1-4H3,(H,21,29)/p+1/t18-/m0/s1. The molecule has 0 aromatic heterocycles. The summed E-state index contributed by atoms with van der Waals surface area (Å²) in [6, 6.07) is 5.61. The number of nitrogens with zero attached hydrogens (tertiary/aromatic N) is 2. The van der Waals surface area contributed by atoms with Crippen LogP contribution in [0, 0.1) is 10.1 Å². The number of hydrogen-bond donors (Lipinski definition) is 2. The van der Waals surface area contributed by atoms with Gasteiger partial charge < -0.3 is 19.9 Å². The van der Waals surface area contributed by atoms with Crippen molar-refractivity contribution >= 4 is 29.0 Å². The van der Waals surface area contributed by atoms with Gasteiger partial charge in [-0.2, -0.15) is 0 Å². The van der Waals surface area contributed by atoms with Crippen molar-refractivity contribution in [3.8, 4) is 0 Å². The minimum absolute atomic E-state index is 0.00523. The second-order valence-corrected chi connectivity index (χ2v) is 7.20. The van der Waals surface area contributed by atoms with Crippen LogP contribution >= 0.6 is 12.2 Å². The quantitative estimate of drug-likeness (QED) is 0.271. The van der Waals surface area contributed by atoms with E-state index in [2.05, 4.69) is 19.2 Å². The number of allylic oxidation sites excluding steroid dienone is 1. The number of benzene rings is 1. The Kier molecular flexibility index (Phi) is 8.10. The van der Waals surface area contributed by atoms with Gasteiger partial charge in [0.25, 0.3) is 5.69 Å². The number of hydrogen-bond acceptors (Lipinski definition) is 5. The van der Waals surface area contributed by atoms with Crippen LogP contribution < -0.4 is 10.2 Å². The van der Waals surface area contributed by atoms with Gasteiger partial charge in [0.15, 0.2) is 5.11 Å². The molecule has 158 valence electrons. The largest absolute Gasteiger partial charge is 0.463 e. The molecular weight excluding hydrogens is 392 g/mol. The lowest BCUT2D eigenvalue weighted by Crippen LogP contribution is -3.12. The highest BCUT2D eigenvalue weighted by molar-refractivity contribution is 7.80. The van der Waals surface area contributed by atoms with Gasteiger partial charge in [-0.15, -0.1) is 0 Å². The molecule has 0 unspecified atom stereocenters. The number of non-ortho nitro benzene ring substituents is 1. The zero-order valence-electron chi connectivity index (χ0n) is 17.4. The van der Waals surface area contributed by atoms with Crippen molar-refractivity contribution in [2.45, 2.75) is 33.7 Å². The molecular formula is C20H29N4O4S+. The number of ether oxygens (including phenoxy) is 1. The van der Waals surface area contributed by atoms with Gasteiger partial charge in [0, 0.05) is 17.8 Å². The fraction of sp³-hybridized carbons (Fsp3) is 0.500. The highest BCUT2D eigenvalue weighted by Crippen LogP contribution is 2.32. The van der Waals surface area contributed by atoms with Gasteiger partial charge in [0.05, 0.1) is 49.3 Å². The second-order valence-electron chi connectivity index (χ2n) is 6.81. The first-order chi connectivity index (χ1) is 13.8. The summed E-state index contributed by atoms with van der Waals surface area (Å²) in [7, 11) is 0. The van der Waals surface area contributed by atoms with Gasteiger partial charge in [-0.25, -0.2) is 4.79 Å². The maximum Gasteiger partial charge on any atom is 0.338 e. The Morgan fingerprint density at radius 1 is 1.28 bits per heavy atom. The van der Waals surface area contributed by atoms with Gasteiger partial charge in [0.1, 0.15) is 0 Å². The lowest BCUT2D eigenvalue weighted by molar-refractivity contribution is -0.895. The third kappa shape index (κ3) is 5.30. The van der Waals surface area contributed by atoms with Crippen LogP contribution in [-0.2, 0) is 9.53 Å². The third-order valence-electron chi connectivity index (χ3n) is 5.22. The van der Waals surface area contributed by atoms with Gasteiger partial charge in [-0.3, -0.25) is 10.1 Å². The maximum atomic E-state index is 12.8. The number of rotatable bonds is 9. The average Bonchev–Trinajstić information content (AvgIpc) is 2.70. The molecule has 1 aliphatic heterocycles. The summed E-state index contributed by atoms with van der Waals surface area (Å²) in [5.74, 6) is -0.413. The number of carbonyl (C=O) groups is 1. The van der Waals surface area contributed by atoms with Gasteiger partial charge in [0.2, 0.25) is 0 Å². The first-order valence-corrected chi connectivity index (χ1v) is 10.3. The molecule has 0 fully saturated rings. The fourth-order valence-electron chi connectivity index (χ4n) is 3.44. The Balaban J connectivity index is 2.40. The van der Waals surface area contributed by atoms with E-state index in [0.717, 1.165) is 30.9 Å². The van der Waals surface area contributed by atoms with Crippen molar-refractivity contribution in [2.75, 3.05) is 32.8 Å². The van der Waals surface area contributed by atoms with Crippen LogP contribution in [0.3, 0.4) is 0 Å². The minimum Gasteiger partial charge on any atom is -0.463 e. The SMILES string of the molecule is CCOC(=O)C1=C(C)N(CC[NH+](CC)CC)C(=S)N[C@H]1c1ccc([N+](=O)[O-])cc1. The molecule has 2 rings (SSSR count). The lowest BCUT2D eigenvalue weighted by atomic mass is 9.95. The Bertz CT molecular complexity index is 790. The first kappa shape index (κ1) is 22.8. The predicted octanol–water partition coefficient (Wildman–Crippen LogP) is 1.59. The summed E-state index contributed by atoms with van der Waals surface area (Å²) in [4.78, 5) is 26.6. The molecule has 9 heteroatoms. The van der Waals surface area contributed by atoms with Crippen LogP contribution in [-0.4, -0.2) is 53.7 Å². The molecule has 0 saturated heterocycles. The van der Waals surface area contributed by atoms with Crippen LogP contribution in [0.25, 0.3) is 0 Å². The predicted molar refractivity (Wildman–Crippen MR) is 115 cm³/mol. The Hall–Kier alpha value is -2.52. The summed E-state index contributed by atoms with van der Waals surface area (Å²) >= 11 is 5.59. The van der Waals surface area contributed by atoms with Crippen molar-refractivity contribution in [1.82, 2.24) is 10.2 Å². The number of nitrogens with one attached hydrogen (secondary N) is 2. The molecule has 1 atom stereocenters. The average molecular weight is 422 g/mol. The summed E-state index contributed by atoms with van der Waals surface area (Å²) in [6.07, 6.45) is 0. The third-order valence-corrected chi connectivity index (χ3v) is 5.56. The minimum atomic E-state index is -0.514. The molecule has 29 heavy (non-hydrogen) atoms. The van der Waals surface area contributed by atoms with E-state index < -0.39 is 16.9 Å². The van der Waals surface area contributed by atoms with Crippen molar-refractivity contribution in [1.29, 1.82) is 0 Å². The molecule has 0 saturated carbocycles. The van der Waals surface area contributed by atoms with Crippen LogP contribution in [0.15, 0.2) is 35.5 Å². The highest BCUT2D eigenvalue weighted by atomic mass is 32.1. The van der Waals surface area contributed by atoms with E-state index in [1.165, 1.54) is 17.0 Å². The topological polar surface area (TPSA) is 89.2 Å². The zero-order chi connectivity index (χ0) is 21.6. The number of likely N-dealkylation sites (N-methyl/N-ethyl adjacent to an activating group) is 1. The van der Waals surface area contributed by atoms with E-state index in [9.17, 15) is 14.9 Å². The van der Waals surface area contributed by atoms with Crippen LogP contribution in [0.5, 0.6) is 0 Å². The summed E-state index contributed by atoms with van der Waals surface area (Å²) < 4.78 is 5.30. The number of esters is 1. The molecule has 2 N–H and O–H groups in total. The van der Waals surface area contributed by atoms with Gasteiger partial charge >= 0.3 is 5.97 Å². The fourth-order valence-corrected chi connectivity index (χ4v) is 3.78. The van der Waals surface area contributed by atoms with E-state index in [0.29, 0.717) is 17.2 Å². The van der Waals surface area contributed by atoms with Crippen LogP contribution in [0.2, 0.25) is 0 Å².